The Morgan fingerprint density at radius 2 is 0.844 bits per heavy atom. The van der Waals surface area contributed by atoms with E-state index in [1.807, 2.05) is 123 Å². The van der Waals surface area contributed by atoms with Crippen molar-refractivity contribution in [3.63, 3.8) is 0 Å². The van der Waals surface area contributed by atoms with Gasteiger partial charge in [0, 0.05) is 84.6 Å². The molecule has 0 aromatic heterocycles. The molecule has 4 aliphatic heterocycles. The van der Waals surface area contributed by atoms with Gasteiger partial charge in [-0.3, -0.25) is 9.59 Å². The molecule has 648 valence electrons. The van der Waals surface area contributed by atoms with Crippen LogP contribution in [0.2, 0.25) is 20.1 Å². The van der Waals surface area contributed by atoms with Gasteiger partial charge in [0.15, 0.2) is 0 Å². The second kappa shape index (κ2) is 37.0. The van der Waals surface area contributed by atoms with Crippen LogP contribution in [0.25, 0.3) is 0 Å². The lowest BCUT2D eigenvalue weighted by Crippen LogP contribution is -2.67. The molecule has 2 amide bonds. The molecule has 2 fully saturated rings. The molecular weight excluding hydrogens is 1640 g/mol. The van der Waals surface area contributed by atoms with Crippen LogP contribution in [0.1, 0.15) is 188 Å². The van der Waals surface area contributed by atoms with Gasteiger partial charge in [-0.25, -0.2) is 26.3 Å². The minimum absolute atomic E-state index is 0.0978. The molecule has 4 aliphatic carbocycles. The van der Waals surface area contributed by atoms with Gasteiger partial charge in [0.05, 0.1) is 47.3 Å². The van der Waals surface area contributed by atoms with Gasteiger partial charge >= 0.3 is 0 Å². The van der Waals surface area contributed by atoms with Gasteiger partial charge in [0.1, 0.15) is 11.5 Å². The van der Waals surface area contributed by atoms with E-state index in [-0.39, 0.29) is 57.1 Å². The number of aryl methyl sites for hydroxylation is 2. The number of carbonyl (C=O) groups excluding carboxylic acids is 2. The quantitative estimate of drug-likeness (QED) is 0.0773. The summed E-state index contributed by atoms with van der Waals surface area (Å²) in [6.45, 7) is 21.2. The molecule has 4 heterocycles. The number of carbonyl (C=O) groups is 2. The number of hydrogen-bond acceptors (Lipinski definition) is 14. The number of amides is 2. The molecular formula is C100H122Cl2N4O12S2Si2. The number of methoxy groups -OCH3 is 2. The molecule has 12 atom stereocenters. The molecule has 0 radical (unpaired) electrons. The number of nitrogens with one attached hydrogen (secondary N) is 2. The lowest BCUT2D eigenvalue weighted by Gasteiger charge is -2.46. The van der Waals surface area contributed by atoms with E-state index in [4.69, 9.17) is 51.0 Å². The van der Waals surface area contributed by atoms with Gasteiger partial charge < -0.3 is 37.6 Å². The molecule has 22 heteroatoms. The normalized spacial score (nSPS) is 26.4. The van der Waals surface area contributed by atoms with Crippen LogP contribution in [0.15, 0.2) is 218 Å². The molecule has 2 N–H and O–H groups in total. The second-order valence-electron chi connectivity index (χ2n) is 37.8. The minimum atomic E-state index is -4.18. The average Bonchev–Trinajstić information content (AvgIpc) is 1.29. The highest BCUT2D eigenvalue weighted by Crippen LogP contribution is 2.51. The minimum Gasteiger partial charge on any atom is -0.490 e. The predicted octanol–water partition coefficient (Wildman–Crippen LogP) is 18.0. The SMILES string of the molecule is CO[C@H]1/C=C\CC[C@@H](C[C@@H](C)O[Si](c2ccccc2)(c2ccccc2)C(C)(C)C)S(=O)(=O)NC(=O)c2ccc3c(c2)N(C[C@@H]2CC[C@H]21)C[C@@]1(CCCc2cc(Cl)ccc21)CO3.CO[C@H]1/C=C\CC[C@H](C[C@@H](C)O[Si](c2ccccc2)(c2ccccc2)C(C)(C)C)S(=O)(=O)NC(=O)c2ccc3c(c2)N(C[C@@H]2CC[C@H]21)C[C@@]1(CCCc2cc(Cl)ccc21)CO3. The van der Waals surface area contributed by atoms with Gasteiger partial charge in [0.2, 0.25) is 20.0 Å². The standard InChI is InChI=1S/2C50H61ClN2O6SSi/c2*1-35(59-61(49(2,3)4,41-17-8-6-9-18-41)42-19-10-7-11-20-42)29-40-16-12-13-21-46(57-5)43-25-22-38(43)32-53-33-50(28-14-15-36-30-39(51)24-26-44(36)50)34-58-47-27-23-37(31-45(47)53)48(54)52-60(40,55)56/h2*6-11,13,17-21,23-24,26-27,30-31,35,38,40,43,46H,12,14-16,22,25,28-29,32-34H2,1-5H3,(H,52,54)/b2*21-13-/t35-,38+,40+,43-,46+,50+;35-,38+,40-,43-,46+,50+/m11/s1. The van der Waals surface area contributed by atoms with Crippen LogP contribution >= 0.6 is 23.2 Å². The Hall–Kier alpha value is -7.87. The van der Waals surface area contributed by atoms with Crippen LogP contribution in [0, 0.1) is 23.7 Å². The number of ether oxygens (including phenoxy) is 4. The van der Waals surface area contributed by atoms with Crippen LogP contribution < -0.4 is 49.5 Å². The van der Waals surface area contributed by atoms with Crippen molar-refractivity contribution in [2.45, 2.75) is 214 Å². The summed E-state index contributed by atoms with van der Waals surface area (Å²) in [6, 6.07) is 64.8. The largest absolute Gasteiger partial charge is 0.490 e. The van der Waals surface area contributed by atoms with Crippen molar-refractivity contribution in [3.8, 4) is 11.5 Å². The van der Waals surface area contributed by atoms with Crippen LogP contribution in [0.5, 0.6) is 11.5 Å². The molecule has 16 nitrogen and oxygen atoms in total. The molecule has 16 rings (SSSR count). The average molecular weight is 1760 g/mol. The summed E-state index contributed by atoms with van der Waals surface area (Å²) in [5.41, 5.74) is 6.72. The van der Waals surface area contributed by atoms with E-state index in [1.165, 1.54) is 22.3 Å². The van der Waals surface area contributed by atoms with Crippen molar-refractivity contribution < 1.29 is 54.2 Å². The number of allylic oxidation sites excluding steroid dienone is 2. The maximum Gasteiger partial charge on any atom is 0.264 e. The summed E-state index contributed by atoms with van der Waals surface area (Å²) >= 11 is 13.0. The fourth-order valence-corrected chi connectivity index (χ4v) is 34.4. The van der Waals surface area contributed by atoms with Crippen LogP contribution in [0.4, 0.5) is 11.4 Å². The van der Waals surface area contributed by atoms with E-state index < -0.39 is 71.2 Å². The van der Waals surface area contributed by atoms with E-state index in [0.29, 0.717) is 87.2 Å². The highest BCUT2D eigenvalue weighted by molar-refractivity contribution is 7.91. The summed E-state index contributed by atoms with van der Waals surface area (Å²) in [5.74, 6) is 1.45. The van der Waals surface area contributed by atoms with Crippen molar-refractivity contribution in [2.75, 3.05) is 63.4 Å². The molecule has 0 unspecified atom stereocenters. The first-order chi connectivity index (χ1) is 58.5. The van der Waals surface area contributed by atoms with Crippen molar-refractivity contribution in [2.24, 2.45) is 23.7 Å². The first-order valence-corrected chi connectivity index (χ1v) is 51.8. The third kappa shape index (κ3) is 18.4. The van der Waals surface area contributed by atoms with Gasteiger partial charge in [-0.2, -0.15) is 0 Å². The second-order valence-corrected chi connectivity index (χ2v) is 51.1. The summed E-state index contributed by atoms with van der Waals surface area (Å²) in [4.78, 5) is 33.3. The molecule has 2 saturated carbocycles. The van der Waals surface area contributed by atoms with Crippen LogP contribution in [-0.4, -0.2) is 134 Å². The third-order valence-corrected chi connectivity index (χ3v) is 42.3. The molecule has 8 aliphatic rings. The molecule has 0 saturated heterocycles. The molecule has 4 bridgehead atoms. The van der Waals surface area contributed by atoms with Crippen molar-refractivity contribution in [1.29, 1.82) is 0 Å². The highest BCUT2D eigenvalue weighted by Gasteiger charge is 2.55. The first kappa shape index (κ1) is 89.0. The maximum absolute atomic E-state index is 14.6. The lowest BCUT2D eigenvalue weighted by molar-refractivity contribution is 0.0131. The molecule has 122 heavy (non-hydrogen) atoms. The van der Waals surface area contributed by atoms with Gasteiger partial charge in [-0.1, -0.05) is 223 Å². The predicted molar refractivity (Wildman–Crippen MR) is 497 cm³/mol. The van der Waals surface area contributed by atoms with Crippen LogP contribution in [-0.2, 0) is 62.0 Å². The number of rotatable bonds is 14. The zero-order valence-corrected chi connectivity index (χ0v) is 77.6. The fourth-order valence-electron chi connectivity index (χ4n) is 21.6. The van der Waals surface area contributed by atoms with E-state index in [0.717, 1.165) is 119 Å². The number of sulfonamides is 2. The third-order valence-electron chi connectivity index (χ3n) is 27.9. The first-order valence-electron chi connectivity index (χ1n) is 44.2. The smallest absolute Gasteiger partial charge is 0.264 e. The summed E-state index contributed by atoms with van der Waals surface area (Å²) < 4.78 is 104. The maximum atomic E-state index is 14.6. The van der Waals surface area contributed by atoms with Crippen molar-refractivity contribution >= 4 is 104 Å². The number of halogens is 2. The Morgan fingerprint density at radius 3 is 1.17 bits per heavy atom. The van der Waals surface area contributed by atoms with E-state index in [1.54, 1.807) is 26.4 Å². The highest BCUT2D eigenvalue weighted by atomic mass is 35.5. The number of fused-ring (bicyclic) bond motifs is 8. The van der Waals surface area contributed by atoms with Crippen LogP contribution in [0.3, 0.4) is 0 Å². The zero-order valence-electron chi connectivity index (χ0n) is 72.5. The Morgan fingerprint density at radius 1 is 0.484 bits per heavy atom. The lowest BCUT2D eigenvalue weighted by atomic mass is 9.68. The number of anilines is 2. The topological polar surface area (TPSA) is 188 Å². The van der Waals surface area contributed by atoms with E-state index >= 15 is 0 Å². The summed E-state index contributed by atoms with van der Waals surface area (Å²) in [5, 5.41) is 3.61. The number of benzene rings is 8. The van der Waals surface area contributed by atoms with Gasteiger partial charge in [-0.05, 0) is 254 Å². The summed E-state index contributed by atoms with van der Waals surface area (Å²) in [6.07, 6.45) is 19.6. The van der Waals surface area contributed by atoms with Gasteiger partial charge in [-0.15, -0.1) is 0 Å². The fraction of sp³-hybridized carbons (Fsp3) is 0.460. The monoisotopic (exact) mass is 1760 g/mol. The van der Waals surface area contributed by atoms with E-state index in [9.17, 15) is 26.4 Å². The Labute approximate surface area is 736 Å². The number of hydrogen-bond donors (Lipinski definition) is 2. The molecule has 8 aromatic rings. The summed E-state index contributed by atoms with van der Waals surface area (Å²) in [7, 11) is -10.8. The van der Waals surface area contributed by atoms with E-state index in [2.05, 4.69) is 158 Å². The Balaban J connectivity index is 0.000000190. The Bertz CT molecular complexity index is 4920. The number of nitrogens with zero attached hydrogens (tertiary/aromatic N) is 2. The van der Waals surface area contributed by atoms with Crippen molar-refractivity contribution in [1.82, 2.24) is 9.44 Å². The van der Waals surface area contributed by atoms with Gasteiger partial charge in [0.25, 0.3) is 28.4 Å². The molecule has 2 spiro atoms. The van der Waals surface area contributed by atoms with Crippen molar-refractivity contribution in [3.05, 3.63) is 262 Å². The molecule has 8 aromatic carbocycles. The zero-order chi connectivity index (χ0) is 86.0. The Kier molecular flexibility index (Phi) is 27.0.